The van der Waals surface area contributed by atoms with Gasteiger partial charge in [-0.1, -0.05) is 12.8 Å². The minimum absolute atomic E-state index is 0.526. The topological polar surface area (TPSA) is 42.2 Å². The highest BCUT2D eigenvalue weighted by Gasteiger charge is 2.25. The number of aryl methyl sites for hydroxylation is 1. The normalized spacial score (nSPS) is 23.7. The zero-order valence-corrected chi connectivity index (χ0v) is 12.3. The summed E-state index contributed by atoms with van der Waals surface area (Å²) >= 11 is 1.97. The van der Waals surface area contributed by atoms with Gasteiger partial charge in [-0.15, -0.1) is 0 Å². The Bertz CT molecular complexity index is 566. The molecule has 1 N–H and O–H groups in total. The number of nitrogens with one attached hydrogen (secondary N) is 1. The van der Waals surface area contributed by atoms with E-state index in [1.165, 1.54) is 25.7 Å². The van der Waals surface area contributed by atoms with Gasteiger partial charge < -0.3 is 5.32 Å². The van der Waals surface area contributed by atoms with Crippen molar-refractivity contribution in [2.24, 2.45) is 0 Å². The molecule has 0 aromatic carbocycles. The molecular weight excluding hydrogens is 256 g/mol. The minimum Gasteiger partial charge on any atom is -0.364 e. The van der Waals surface area contributed by atoms with Gasteiger partial charge in [-0.2, -0.15) is 16.9 Å². The van der Waals surface area contributed by atoms with Gasteiger partial charge >= 0.3 is 0 Å². The monoisotopic (exact) mass is 276 g/mol. The third-order valence-electron chi connectivity index (χ3n) is 3.84. The number of thioether (sulfide) groups is 1. The first-order valence-corrected chi connectivity index (χ1v) is 8.17. The molecule has 0 aliphatic heterocycles. The van der Waals surface area contributed by atoms with Crippen LogP contribution < -0.4 is 5.32 Å². The molecule has 0 spiro atoms. The van der Waals surface area contributed by atoms with Gasteiger partial charge in [0, 0.05) is 23.7 Å². The third-order valence-corrected chi connectivity index (χ3v) is 5.01. The maximum Gasteiger partial charge on any atom is 0.152 e. The number of rotatable bonds is 3. The molecule has 1 fully saturated rings. The van der Waals surface area contributed by atoms with Gasteiger partial charge in [-0.3, -0.25) is 0 Å². The number of hydrogen-bond acceptors (Lipinski definition) is 4. The first kappa shape index (κ1) is 12.8. The number of hydrogen-bond donors (Lipinski definition) is 1. The fraction of sp³-hybridized carbons (Fsp3) is 0.571. The summed E-state index contributed by atoms with van der Waals surface area (Å²) < 4.78 is 1.90. The lowest BCUT2D eigenvalue weighted by Crippen LogP contribution is -2.34. The van der Waals surface area contributed by atoms with Crippen LogP contribution in [0, 0.1) is 6.92 Å². The first-order valence-electron chi connectivity index (χ1n) is 6.88. The van der Waals surface area contributed by atoms with E-state index < -0.39 is 0 Å². The molecule has 2 heterocycles. The van der Waals surface area contributed by atoms with E-state index in [1.807, 2.05) is 35.6 Å². The summed E-state index contributed by atoms with van der Waals surface area (Å²) in [6, 6.07) is 2.62. The Morgan fingerprint density at radius 2 is 2.21 bits per heavy atom. The van der Waals surface area contributed by atoms with Crippen molar-refractivity contribution in [3.05, 3.63) is 24.2 Å². The average Bonchev–Trinajstić information content (AvgIpc) is 2.81. The number of aromatic nitrogens is 3. The molecule has 0 bridgehead atoms. The van der Waals surface area contributed by atoms with Crippen molar-refractivity contribution in [2.45, 2.75) is 43.9 Å². The molecule has 1 saturated carbocycles. The van der Waals surface area contributed by atoms with Crippen LogP contribution in [-0.4, -0.2) is 32.1 Å². The predicted molar refractivity (Wildman–Crippen MR) is 80.9 cm³/mol. The molecule has 2 aromatic rings. The molecule has 4 nitrogen and oxygen atoms in total. The van der Waals surface area contributed by atoms with Gasteiger partial charge in [0.15, 0.2) is 5.82 Å². The van der Waals surface area contributed by atoms with Crippen molar-refractivity contribution in [3.8, 4) is 0 Å². The van der Waals surface area contributed by atoms with Crippen LogP contribution in [0.1, 0.15) is 31.4 Å². The van der Waals surface area contributed by atoms with Gasteiger partial charge in [0.05, 0.1) is 5.69 Å². The summed E-state index contributed by atoms with van der Waals surface area (Å²) in [6.07, 6.45) is 11.1. The largest absolute Gasteiger partial charge is 0.364 e. The Labute approximate surface area is 118 Å². The molecule has 5 heteroatoms. The van der Waals surface area contributed by atoms with E-state index in [2.05, 4.69) is 27.7 Å². The second kappa shape index (κ2) is 5.41. The van der Waals surface area contributed by atoms with Crippen molar-refractivity contribution in [1.82, 2.24) is 14.6 Å². The van der Waals surface area contributed by atoms with Crippen LogP contribution in [-0.2, 0) is 0 Å². The lowest BCUT2D eigenvalue weighted by molar-refractivity contribution is 0.474. The van der Waals surface area contributed by atoms with E-state index in [1.54, 1.807) is 0 Å². The second-order valence-electron chi connectivity index (χ2n) is 5.20. The molecule has 0 saturated heterocycles. The summed E-state index contributed by atoms with van der Waals surface area (Å²) in [4.78, 5) is 4.50. The van der Waals surface area contributed by atoms with Crippen LogP contribution >= 0.6 is 11.8 Å². The fourth-order valence-corrected chi connectivity index (χ4v) is 3.81. The Morgan fingerprint density at radius 1 is 1.37 bits per heavy atom. The van der Waals surface area contributed by atoms with Crippen LogP contribution in [0.4, 0.5) is 5.82 Å². The highest BCUT2D eigenvalue weighted by atomic mass is 32.2. The smallest absolute Gasteiger partial charge is 0.152 e. The van der Waals surface area contributed by atoms with Crippen molar-refractivity contribution < 1.29 is 0 Å². The third kappa shape index (κ3) is 2.56. The fourth-order valence-electron chi connectivity index (χ4n) is 2.88. The lowest BCUT2D eigenvalue weighted by atomic mass is 9.95. The van der Waals surface area contributed by atoms with E-state index in [4.69, 9.17) is 0 Å². The maximum atomic E-state index is 4.50. The standard InChI is InChI=1S/C14H20N4S/c1-10-9-12-14(15-7-8-18(12)17-10)16-11-5-3-4-6-13(11)19-2/h7-9,11,13H,3-6H2,1-2H3,(H,15,16). The van der Waals surface area contributed by atoms with Crippen molar-refractivity contribution in [2.75, 3.05) is 11.6 Å². The Balaban J connectivity index is 1.87. The van der Waals surface area contributed by atoms with Crippen molar-refractivity contribution in [3.63, 3.8) is 0 Å². The summed E-state index contributed by atoms with van der Waals surface area (Å²) in [7, 11) is 0. The zero-order chi connectivity index (χ0) is 13.2. The van der Waals surface area contributed by atoms with Crippen LogP contribution in [0.3, 0.4) is 0 Å². The van der Waals surface area contributed by atoms with Gasteiger partial charge in [-0.25, -0.2) is 9.50 Å². The van der Waals surface area contributed by atoms with Crippen LogP contribution in [0.2, 0.25) is 0 Å². The Morgan fingerprint density at radius 3 is 3.05 bits per heavy atom. The van der Waals surface area contributed by atoms with E-state index in [0.717, 1.165) is 17.0 Å². The number of nitrogens with zero attached hydrogens (tertiary/aromatic N) is 3. The van der Waals surface area contributed by atoms with E-state index in [0.29, 0.717) is 11.3 Å². The highest BCUT2D eigenvalue weighted by Crippen LogP contribution is 2.30. The number of fused-ring (bicyclic) bond motifs is 1. The van der Waals surface area contributed by atoms with Gasteiger partial charge in [0.2, 0.25) is 0 Å². The zero-order valence-electron chi connectivity index (χ0n) is 11.5. The predicted octanol–water partition coefficient (Wildman–Crippen LogP) is 3.12. The van der Waals surface area contributed by atoms with Gasteiger partial charge in [-0.05, 0) is 32.1 Å². The SMILES string of the molecule is CSC1CCCCC1Nc1nccn2nc(C)cc12. The van der Waals surface area contributed by atoms with Crippen LogP contribution in [0.25, 0.3) is 5.52 Å². The van der Waals surface area contributed by atoms with Gasteiger partial charge in [0.1, 0.15) is 5.52 Å². The second-order valence-corrected chi connectivity index (χ2v) is 6.28. The van der Waals surface area contributed by atoms with Crippen molar-refractivity contribution in [1.29, 1.82) is 0 Å². The molecular formula is C14H20N4S. The Kier molecular flexibility index (Phi) is 3.64. The lowest BCUT2D eigenvalue weighted by Gasteiger charge is -2.31. The molecule has 1 aliphatic carbocycles. The molecule has 0 radical (unpaired) electrons. The Hall–Kier alpha value is -1.23. The summed E-state index contributed by atoms with van der Waals surface area (Å²) in [5.41, 5.74) is 2.10. The molecule has 3 rings (SSSR count). The van der Waals surface area contributed by atoms with Crippen LogP contribution in [0.5, 0.6) is 0 Å². The van der Waals surface area contributed by atoms with Gasteiger partial charge in [0.25, 0.3) is 0 Å². The first-order chi connectivity index (χ1) is 9.28. The number of anilines is 1. The summed E-state index contributed by atoms with van der Waals surface area (Å²) in [5, 5.41) is 8.78. The molecule has 1 aliphatic rings. The van der Waals surface area contributed by atoms with E-state index in [9.17, 15) is 0 Å². The summed E-state index contributed by atoms with van der Waals surface area (Å²) in [6.45, 7) is 2.02. The summed E-state index contributed by atoms with van der Waals surface area (Å²) in [5.74, 6) is 0.967. The average molecular weight is 276 g/mol. The molecule has 19 heavy (non-hydrogen) atoms. The van der Waals surface area contributed by atoms with E-state index >= 15 is 0 Å². The maximum absolute atomic E-state index is 4.50. The molecule has 2 aromatic heterocycles. The molecule has 0 amide bonds. The highest BCUT2D eigenvalue weighted by molar-refractivity contribution is 7.99. The van der Waals surface area contributed by atoms with Crippen molar-refractivity contribution >= 4 is 23.1 Å². The van der Waals surface area contributed by atoms with E-state index in [-0.39, 0.29) is 0 Å². The molecule has 102 valence electrons. The van der Waals surface area contributed by atoms with Crippen LogP contribution in [0.15, 0.2) is 18.5 Å². The molecule has 2 atom stereocenters. The quantitative estimate of drug-likeness (QED) is 0.935. The minimum atomic E-state index is 0.526. The molecule has 2 unspecified atom stereocenters.